The molecule has 0 fully saturated rings. The Morgan fingerprint density at radius 3 is 1.88 bits per heavy atom. The lowest BCUT2D eigenvalue weighted by atomic mass is 10.0. The van der Waals surface area contributed by atoms with Crippen LogP contribution in [0.2, 0.25) is 18.1 Å². The number of aliphatic hydroxyl groups excluding tert-OH is 1. The number of aliphatic hydroxyl groups is 1. The van der Waals surface area contributed by atoms with Gasteiger partial charge in [-0.05, 0) is 107 Å². The number of carbonyl (C=O) groups is 6. The van der Waals surface area contributed by atoms with Crippen molar-refractivity contribution in [3.63, 3.8) is 0 Å². The molecular formula is C61H89N7O15Si. The van der Waals surface area contributed by atoms with Crippen molar-refractivity contribution in [3.05, 3.63) is 88.8 Å². The minimum Gasteiger partial charge on any atom is -0.493 e. The number of nitrogens with zero attached hydrogens (tertiary/aromatic N) is 2. The van der Waals surface area contributed by atoms with Gasteiger partial charge in [0, 0.05) is 49.4 Å². The van der Waals surface area contributed by atoms with E-state index in [1.807, 2.05) is 20.0 Å². The summed E-state index contributed by atoms with van der Waals surface area (Å²) in [6.07, 6.45) is 5.84. The Bertz CT molecular complexity index is 2820. The highest BCUT2D eigenvalue weighted by Crippen LogP contribution is 2.40. The van der Waals surface area contributed by atoms with Crippen LogP contribution in [0.5, 0.6) is 23.0 Å². The third-order valence-corrected chi connectivity index (χ3v) is 19.4. The first kappa shape index (κ1) is 67.6. The van der Waals surface area contributed by atoms with Gasteiger partial charge in [0.2, 0.25) is 17.7 Å². The van der Waals surface area contributed by atoms with E-state index in [1.165, 1.54) is 26.0 Å². The lowest BCUT2D eigenvalue weighted by molar-refractivity contribution is -0.132. The second kappa shape index (κ2) is 31.6. The highest BCUT2D eigenvalue weighted by molar-refractivity contribution is 6.74. The van der Waals surface area contributed by atoms with Crippen molar-refractivity contribution in [2.45, 2.75) is 143 Å². The maximum Gasteiger partial charge on any atom is 0.411 e. The molecule has 22 nitrogen and oxygen atoms in total. The second-order valence-electron chi connectivity index (χ2n) is 23.0. The Balaban J connectivity index is 1.22. The summed E-state index contributed by atoms with van der Waals surface area (Å²) in [5.74, 6) is -1.08. The van der Waals surface area contributed by atoms with E-state index in [1.54, 1.807) is 80.6 Å². The highest BCUT2D eigenvalue weighted by Gasteiger charge is 2.40. The Hall–Kier alpha value is -7.18. The van der Waals surface area contributed by atoms with E-state index in [4.69, 9.17) is 43.3 Å². The summed E-state index contributed by atoms with van der Waals surface area (Å²) in [6.45, 7) is 21.2. The molecule has 0 radical (unpaired) electrons. The van der Waals surface area contributed by atoms with Crippen LogP contribution in [0, 0.1) is 5.92 Å². The van der Waals surface area contributed by atoms with Crippen molar-refractivity contribution in [2.75, 3.05) is 83.9 Å². The fourth-order valence-electron chi connectivity index (χ4n) is 8.95. The first-order valence-corrected chi connectivity index (χ1v) is 31.4. The molecule has 84 heavy (non-hydrogen) atoms. The highest BCUT2D eigenvalue weighted by atomic mass is 28.4. The summed E-state index contributed by atoms with van der Waals surface area (Å²) in [5.41, 5.74) is 10.1. The van der Waals surface area contributed by atoms with E-state index >= 15 is 0 Å². The molecule has 2 heterocycles. The Kier molecular flexibility index (Phi) is 25.5. The topological polar surface area (TPSA) is 277 Å². The third-order valence-electron chi connectivity index (χ3n) is 14.9. The van der Waals surface area contributed by atoms with Gasteiger partial charge in [0.25, 0.3) is 11.8 Å². The van der Waals surface area contributed by atoms with Crippen LogP contribution >= 0.6 is 0 Å². The van der Waals surface area contributed by atoms with Gasteiger partial charge in [-0.25, -0.2) is 4.79 Å². The van der Waals surface area contributed by atoms with Crippen LogP contribution < -0.4 is 45.9 Å². The molecule has 0 unspecified atom stereocenters. The van der Waals surface area contributed by atoms with Crippen molar-refractivity contribution in [2.24, 2.45) is 5.92 Å². The van der Waals surface area contributed by atoms with Gasteiger partial charge in [0.1, 0.15) is 18.7 Å². The molecule has 6 amide bonds. The maximum absolute atomic E-state index is 14.7. The van der Waals surface area contributed by atoms with Crippen molar-refractivity contribution in [3.8, 4) is 23.0 Å². The molecule has 0 bridgehead atoms. The van der Waals surface area contributed by atoms with Gasteiger partial charge >= 0.3 is 6.09 Å². The number of unbranched alkanes of at least 4 members (excludes halogenated alkanes) is 2. The number of nitrogens with one attached hydrogen (secondary N) is 4. The first-order valence-electron chi connectivity index (χ1n) is 28.5. The molecule has 5 rings (SSSR count). The summed E-state index contributed by atoms with van der Waals surface area (Å²) in [7, 11) is 2.32. The molecule has 4 atom stereocenters. The van der Waals surface area contributed by atoms with Gasteiger partial charge in [-0.2, -0.15) is 0 Å². The predicted molar refractivity (Wildman–Crippen MR) is 323 cm³/mol. The summed E-state index contributed by atoms with van der Waals surface area (Å²) in [5, 5.41) is 20.8. The van der Waals surface area contributed by atoms with Crippen molar-refractivity contribution in [1.82, 2.24) is 20.4 Å². The molecule has 3 aromatic carbocycles. The van der Waals surface area contributed by atoms with E-state index in [2.05, 4.69) is 55.1 Å². The number of ether oxygens (including phenoxy) is 7. The molecule has 0 saturated carbocycles. The zero-order chi connectivity index (χ0) is 61.9. The van der Waals surface area contributed by atoms with Crippen molar-refractivity contribution < 1.29 is 71.5 Å². The molecule has 23 heteroatoms. The lowest BCUT2D eigenvalue weighted by Crippen LogP contribution is -2.53. The van der Waals surface area contributed by atoms with Gasteiger partial charge in [0.15, 0.2) is 31.3 Å². The molecule has 3 aromatic rings. The molecule has 2 aliphatic heterocycles. The molecule has 0 aromatic heterocycles. The molecule has 0 aliphatic carbocycles. The summed E-state index contributed by atoms with van der Waals surface area (Å²) in [6, 6.07) is 10.3. The third kappa shape index (κ3) is 19.2. The van der Waals surface area contributed by atoms with Gasteiger partial charge in [-0.15, -0.1) is 0 Å². The molecule has 0 saturated heterocycles. The quantitative estimate of drug-likeness (QED) is 0.0200. The SMILES string of the molecule is COCCOCCC(=O)N[C@H](C(=O)N[C@@H](C)C(=O)Nc1ccc(COC(=O)Nc2cc(OCCCCCOc3cc(N)c(C(=O)N4C=C(C)C[C@H]4CO)cc3OC)c(OC)cc2C(=O)N2C=C(C)C[C@H]2CO[Si](C)(C)C(C)(C)C)cc1)C(C)C. The monoisotopic (exact) mass is 1190 g/mol. The molecule has 0 spiro atoms. The second-order valence-corrected chi connectivity index (χ2v) is 27.8. The largest absolute Gasteiger partial charge is 0.493 e. The number of rotatable bonds is 31. The van der Waals surface area contributed by atoms with Gasteiger partial charge in [-0.1, -0.05) is 57.9 Å². The molecule has 462 valence electrons. The van der Waals surface area contributed by atoms with E-state index in [0.29, 0.717) is 81.3 Å². The standard InChI is InChI=1S/C61H89N7O15Si/c1-38(2)55(66-54(70)21-24-79-26-25-76-9)57(72)63-41(5)56(71)64-43-19-17-42(18-20-43)36-82-60(75)65-49-32-53(51(78-11)30-47(49)59(74)68-34-40(4)28-45(68)37-83-84(12,13)61(6,7)8)81-23-16-14-15-22-80-52-31-48(62)46(29-50(52)77-10)58(73)67-33-39(3)27-44(67)35-69/h17-20,29-34,38,41,44-45,55,69H,14-16,21-28,35-37,62H2,1-13H3,(H,63,72)(H,64,71)(H,65,75)(H,66,70)/t41-,44-,45-,55-/m0/s1. The Morgan fingerprint density at radius 2 is 1.30 bits per heavy atom. The van der Waals surface area contributed by atoms with Crippen LogP contribution in [0.3, 0.4) is 0 Å². The number of carbonyl (C=O) groups excluding carboxylic acids is 6. The zero-order valence-electron chi connectivity index (χ0n) is 51.2. The van der Waals surface area contributed by atoms with Crippen molar-refractivity contribution >= 4 is 61.0 Å². The number of hydrogen-bond donors (Lipinski definition) is 6. The zero-order valence-corrected chi connectivity index (χ0v) is 52.2. The summed E-state index contributed by atoms with van der Waals surface area (Å²) >= 11 is 0. The fourth-order valence-corrected chi connectivity index (χ4v) is 9.99. The number of nitrogens with two attached hydrogens (primary N) is 1. The first-order chi connectivity index (χ1) is 39.8. The predicted octanol–water partition coefficient (Wildman–Crippen LogP) is 8.55. The Labute approximate surface area is 495 Å². The smallest absolute Gasteiger partial charge is 0.411 e. The van der Waals surface area contributed by atoms with Crippen molar-refractivity contribution in [1.29, 1.82) is 0 Å². The van der Waals surface area contributed by atoms with Crippen LogP contribution in [0.15, 0.2) is 72.1 Å². The number of hydrogen-bond acceptors (Lipinski definition) is 16. The normalized spacial score (nSPS) is 15.8. The van der Waals surface area contributed by atoms with Gasteiger partial charge in [-0.3, -0.25) is 29.3 Å². The van der Waals surface area contributed by atoms with E-state index in [9.17, 15) is 33.9 Å². The minimum atomic E-state index is -2.18. The van der Waals surface area contributed by atoms with Crippen LogP contribution in [0.25, 0.3) is 0 Å². The number of anilines is 3. The van der Waals surface area contributed by atoms with E-state index < -0.39 is 44.2 Å². The van der Waals surface area contributed by atoms with Crippen LogP contribution in [0.1, 0.15) is 120 Å². The van der Waals surface area contributed by atoms with Gasteiger partial charge in [0.05, 0.1) is 89.4 Å². The Morgan fingerprint density at radius 1 is 0.714 bits per heavy atom. The average Bonchev–Trinajstić information content (AvgIpc) is 3.97. The van der Waals surface area contributed by atoms with E-state index in [-0.39, 0.29) is 102 Å². The number of nitrogen functional groups attached to an aromatic ring is 1. The van der Waals surface area contributed by atoms with E-state index in [0.717, 1.165) is 11.1 Å². The summed E-state index contributed by atoms with van der Waals surface area (Å²) in [4.78, 5) is 83.9. The number of benzene rings is 3. The van der Waals surface area contributed by atoms with Gasteiger partial charge < -0.3 is 74.2 Å². The van der Waals surface area contributed by atoms with Crippen LogP contribution in [-0.2, 0) is 39.6 Å². The average molecular weight is 1190 g/mol. The fraction of sp³-hybridized carbons (Fsp3) is 0.541. The lowest BCUT2D eigenvalue weighted by Gasteiger charge is -2.38. The maximum atomic E-state index is 14.7. The summed E-state index contributed by atoms with van der Waals surface area (Å²) < 4.78 is 46.2. The molecule has 2 aliphatic rings. The molecular weight excluding hydrogens is 1100 g/mol. The minimum absolute atomic E-state index is 0.0474. The number of methoxy groups -OCH3 is 3. The van der Waals surface area contributed by atoms with Crippen LogP contribution in [-0.4, -0.2) is 151 Å². The molecule has 7 N–H and O–H groups in total. The number of amides is 6. The van der Waals surface area contributed by atoms with Crippen LogP contribution in [0.4, 0.5) is 21.9 Å².